The molecule has 3 aromatic heterocycles. The quantitative estimate of drug-likeness (QED) is 0.277. The van der Waals surface area contributed by atoms with Crippen LogP contribution in [-0.4, -0.2) is 19.9 Å². The van der Waals surface area contributed by atoms with Crippen LogP contribution in [0.2, 0.25) is 0 Å². The number of hydrogen-bond acceptors (Lipinski definition) is 2. The number of nitrogens with one attached hydrogen (secondary N) is 2. The van der Waals surface area contributed by atoms with Gasteiger partial charge in [-0.25, -0.2) is 9.97 Å². The Hall–Kier alpha value is -3.26. The van der Waals surface area contributed by atoms with Crippen LogP contribution in [0.15, 0.2) is 72.8 Å². The topological polar surface area (TPSA) is 57.4 Å². The molecule has 2 aliphatic rings. The number of hydrogen-bond donors (Lipinski definition) is 2. The number of benzene rings is 1. The summed E-state index contributed by atoms with van der Waals surface area (Å²) in [7, 11) is 0. The standard InChI is InChI=1S/C24H16N4.Pd/c1-2-4-22-21(3-1)23-13-19-9-7-17(26-19)11-15-5-6-16(25-15)12-18-8-10-20(27-18)14-24(22)28-23;/h1-14,26-27H;. The van der Waals surface area contributed by atoms with Gasteiger partial charge in [0.25, 0.3) is 0 Å². The second-order valence-electron chi connectivity index (χ2n) is 7.04. The molecule has 0 fully saturated rings. The van der Waals surface area contributed by atoms with Crippen LogP contribution in [0, 0.1) is 0 Å². The molecule has 5 heteroatoms. The number of rotatable bonds is 0. The smallest absolute Gasteiger partial charge is 0.0737 e. The zero-order valence-electron chi connectivity index (χ0n) is 15.3. The van der Waals surface area contributed by atoms with E-state index in [0.29, 0.717) is 0 Å². The molecule has 2 aliphatic heterocycles. The Kier molecular flexibility index (Phi) is 4.28. The molecule has 0 saturated heterocycles. The van der Waals surface area contributed by atoms with Crippen LogP contribution in [0.1, 0.15) is 11.4 Å². The van der Waals surface area contributed by atoms with Crippen LogP contribution in [0.3, 0.4) is 0 Å². The Labute approximate surface area is 181 Å². The summed E-state index contributed by atoms with van der Waals surface area (Å²) in [5.74, 6) is 0. The van der Waals surface area contributed by atoms with Crippen LogP contribution < -0.4 is 0 Å². The Balaban J connectivity index is 0.00000181. The summed E-state index contributed by atoms with van der Waals surface area (Å²) in [5, 5.41) is 0. The van der Waals surface area contributed by atoms with E-state index in [1.54, 1.807) is 0 Å². The van der Waals surface area contributed by atoms with E-state index >= 15 is 0 Å². The minimum absolute atomic E-state index is 0. The average Bonchev–Trinajstić information content (AvgIpc) is 3.47. The predicted octanol–water partition coefficient (Wildman–Crippen LogP) is 5.82. The molecule has 0 radical (unpaired) electrons. The molecule has 4 nitrogen and oxygen atoms in total. The molecule has 2 N–H and O–H groups in total. The summed E-state index contributed by atoms with van der Waals surface area (Å²) in [4.78, 5) is 16.5. The maximum atomic E-state index is 4.91. The Morgan fingerprint density at radius 3 is 1.45 bits per heavy atom. The van der Waals surface area contributed by atoms with Crippen LogP contribution in [0.25, 0.3) is 56.7 Å². The largest absolute Gasteiger partial charge is 0.355 e. The van der Waals surface area contributed by atoms with Crippen molar-refractivity contribution in [1.82, 2.24) is 19.9 Å². The molecular formula is C24H16N4Pd. The molecule has 8 bridgehead atoms. The third-order valence-electron chi connectivity index (χ3n) is 5.06. The zero-order valence-corrected chi connectivity index (χ0v) is 16.8. The molecule has 5 heterocycles. The van der Waals surface area contributed by atoms with Crippen molar-refractivity contribution >= 4 is 34.2 Å². The van der Waals surface area contributed by atoms with E-state index in [1.807, 2.05) is 12.2 Å². The van der Waals surface area contributed by atoms with E-state index in [9.17, 15) is 0 Å². The molecule has 0 spiro atoms. The predicted molar refractivity (Wildman–Crippen MR) is 114 cm³/mol. The fraction of sp³-hybridized carbons (Fsp3) is 0. The first-order valence-electron chi connectivity index (χ1n) is 9.26. The van der Waals surface area contributed by atoms with Gasteiger partial charge in [0.15, 0.2) is 0 Å². The molecule has 142 valence electrons. The van der Waals surface area contributed by atoms with Crippen LogP contribution in [-0.2, 0) is 20.4 Å². The number of nitrogens with zero attached hydrogens (tertiary/aromatic N) is 2. The molecular weight excluding hydrogens is 451 g/mol. The molecule has 0 amide bonds. The first kappa shape index (κ1) is 17.8. The van der Waals surface area contributed by atoms with Crippen molar-refractivity contribution in [2.24, 2.45) is 0 Å². The normalized spacial score (nSPS) is 11.7. The summed E-state index contributed by atoms with van der Waals surface area (Å²) in [5.41, 5.74) is 10.2. The van der Waals surface area contributed by atoms with Crippen molar-refractivity contribution in [1.29, 1.82) is 0 Å². The van der Waals surface area contributed by atoms with Crippen molar-refractivity contribution in [3.8, 4) is 22.5 Å². The zero-order chi connectivity index (χ0) is 18.5. The molecule has 29 heavy (non-hydrogen) atoms. The Morgan fingerprint density at radius 1 is 0.517 bits per heavy atom. The van der Waals surface area contributed by atoms with Gasteiger partial charge < -0.3 is 9.97 Å². The molecule has 1 aromatic carbocycles. The molecule has 0 aliphatic carbocycles. The second kappa shape index (κ2) is 6.97. The van der Waals surface area contributed by atoms with Gasteiger partial charge >= 0.3 is 0 Å². The van der Waals surface area contributed by atoms with E-state index in [1.165, 1.54) is 0 Å². The van der Waals surface area contributed by atoms with Crippen molar-refractivity contribution in [2.75, 3.05) is 0 Å². The fourth-order valence-corrected chi connectivity index (χ4v) is 3.76. The van der Waals surface area contributed by atoms with Gasteiger partial charge in [-0.05, 0) is 60.7 Å². The SMILES string of the molecule is C1=Cc2cc3ccc(cc4nc(cc5ccc(cc1n2)[nH]5)-c1ccccc1-4)[nH]3.[Pd]. The van der Waals surface area contributed by atoms with E-state index < -0.39 is 0 Å². The average molecular weight is 467 g/mol. The van der Waals surface area contributed by atoms with Gasteiger partial charge in [0, 0.05) is 53.6 Å². The summed E-state index contributed by atoms with van der Waals surface area (Å²) < 4.78 is 0. The first-order valence-corrected chi connectivity index (χ1v) is 9.26. The van der Waals surface area contributed by atoms with Crippen molar-refractivity contribution in [3.63, 3.8) is 0 Å². The van der Waals surface area contributed by atoms with E-state index in [0.717, 1.165) is 56.0 Å². The Morgan fingerprint density at radius 2 is 0.966 bits per heavy atom. The van der Waals surface area contributed by atoms with Gasteiger partial charge in [0.05, 0.1) is 22.8 Å². The summed E-state index contributed by atoms with van der Waals surface area (Å²) in [6.45, 7) is 0. The van der Waals surface area contributed by atoms with Crippen molar-refractivity contribution < 1.29 is 20.4 Å². The number of aromatic nitrogens is 4. The maximum absolute atomic E-state index is 4.91. The maximum Gasteiger partial charge on any atom is 0.0737 e. The van der Waals surface area contributed by atoms with Gasteiger partial charge in [0.1, 0.15) is 0 Å². The summed E-state index contributed by atoms with van der Waals surface area (Å²) >= 11 is 0. The van der Waals surface area contributed by atoms with Gasteiger partial charge in [-0.2, -0.15) is 0 Å². The van der Waals surface area contributed by atoms with Crippen LogP contribution in [0.4, 0.5) is 0 Å². The van der Waals surface area contributed by atoms with E-state index in [4.69, 9.17) is 4.98 Å². The molecule has 0 atom stereocenters. The van der Waals surface area contributed by atoms with E-state index in [-0.39, 0.29) is 20.4 Å². The van der Waals surface area contributed by atoms with E-state index in [2.05, 4.69) is 87.7 Å². The monoisotopic (exact) mass is 466 g/mol. The number of fused-ring (bicyclic) bond motifs is 11. The van der Waals surface area contributed by atoms with Crippen LogP contribution in [0.5, 0.6) is 0 Å². The van der Waals surface area contributed by atoms with Crippen LogP contribution >= 0.6 is 0 Å². The molecule has 0 unspecified atom stereocenters. The van der Waals surface area contributed by atoms with Gasteiger partial charge in [-0.1, -0.05) is 24.3 Å². The molecule has 0 saturated carbocycles. The minimum atomic E-state index is 0. The summed E-state index contributed by atoms with van der Waals surface area (Å²) in [6, 6.07) is 24.9. The fourth-order valence-electron chi connectivity index (χ4n) is 3.76. The Bertz CT molecular complexity index is 1320. The minimum Gasteiger partial charge on any atom is -0.355 e. The number of H-pyrrole nitrogens is 2. The number of aromatic amines is 2. The van der Waals surface area contributed by atoms with Gasteiger partial charge in [0.2, 0.25) is 0 Å². The van der Waals surface area contributed by atoms with Gasteiger partial charge in [-0.3, -0.25) is 0 Å². The van der Waals surface area contributed by atoms with Crippen molar-refractivity contribution in [3.05, 3.63) is 84.2 Å². The third-order valence-corrected chi connectivity index (χ3v) is 5.06. The van der Waals surface area contributed by atoms with Crippen molar-refractivity contribution in [2.45, 2.75) is 0 Å². The molecule has 4 aromatic rings. The van der Waals surface area contributed by atoms with Gasteiger partial charge in [-0.15, -0.1) is 0 Å². The first-order chi connectivity index (χ1) is 13.8. The third kappa shape index (κ3) is 3.25. The summed E-state index contributed by atoms with van der Waals surface area (Å²) in [6.07, 6.45) is 4.06. The molecule has 6 rings (SSSR count). The second-order valence-corrected chi connectivity index (χ2v) is 7.04.